The molecule has 0 unspecified atom stereocenters. The lowest BCUT2D eigenvalue weighted by atomic mass is 10.0. The Hall–Kier alpha value is -4.24. The molecule has 0 aliphatic heterocycles. The zero-order chi connectivity index (χ0) is 27.9. The van der Waals surface area contributed by atoms with E-state index in [2.05, 4.69) is 22.5 Å². The summed E-state index contributed by atoms with van der Waals surface area (Å²) in [5.41, 5.74) is 2.60. The summed E-state index contributed by atoms with van der Waals surface area (Å²) >= 11 is 0. The van der Waals surface area contributed by atoms with Crippen LogP contribution in [0.15, 0.2) is 72.8 Å². The second-order valence-corrected chi connectivity index (χ2v) is 9.02. The van der Waals surface area contributed by atoms with Gasteiger partial charge in [-0.2, -0.15) is 0 Å². The predicted molar refractivity (Wildman–Crippen MR) is 148 cm³/mol. The topological polar surface area (TPSA) is 110 Å². The zero-order valence-corrected chi connectivity index (χ0v) is 22.5. The summed E-state index contributed by atoms with van der Waals surface area (Å²) in [6.45, 7) is 2.35. The van der Waals surface area contributed by atoms with Crippen molar-refractivity contribution in [2.24, 2.45) is 5.92 Å². The van der Waals surface area contributed by atoms with Crippen molar-refractivity contribution >= 4 is 18.2 Å². The molecule has 0 spiro atoms. The quantitative estimate of drug-likeness (QED) is 0.123. The molecule has 0 saturated heterocycles. The molecule has 1 atom stereocenters. The SMILES string of the molecule is CCCCC[C@H](CN(C=O)OCc1ccccc1)C(=O)NCNC(=O)c1cccc(-c2cccc(OC)c2)n1. The summed E-state index contributed by atoms with van der Waals surface area (Å²) < 4.78 is 5.27. The van der Waals surface area contributed by atoms with Crippen molar-refractivity contribution in [2.45, 2.75) is 39.2 Å². The number of carbonyl (C=O) groups excluding carboxylic acids is 3. The molecule has 2 N–H and O–H groups in total. The van der Waals surface area contributed by atoms with Crippen LogP contribution in [0.1, 0.15) is 48.7 Å². The monoisotopic (exact) mass is 532 g/mol. The highest BCUT2D eigenvalue weighted by Crippen LogP contribution is 2.22. The highest BCUT2D eigenvalue weighted by Gasteiger charge is 2.22. The lowest BCUT2D eigenvalue weighted by Crippen LogP contribution is -2.43. The summed E-state index contributed by atoms with van der Waals surface area (Å²) in [5.74, 6) is -0.467. The maximum absolute atomic E-state index is 13.0. The molecule has 3 amide bonds. The lowest BCUT2D eigenvalue weighted by Gasteiger charge is -2.23. The van der Waals surface area contributed by atoms with Crippen LogP contribution in [0.3, 0.4) is 0 Å². The largest absolute Gasteiger partial charge is 0.497 e. The number of ether oxygens (including phenoxy) is 1. The van der Waals surface area contributed by atoms with Crippen LogP contribution in [-0.2, 0) is 21.0 Å². The third-order valence-electron chi connectivity index (χ3n) is 6.14. The number of hydroxylamine groups is 2. The Morgan fingerprint density at radius 3 is 2.54 bits per heavy atom. The molecule has 0 bridgehead atoms. The number of benzene rings is 2. The molecular weight excluding hydrogens is 496 g/mol. The van der Waals surface area contributed by atoms with E-state index in [1.54, 1.807) is 19.2 Å². The Bertz CT molecular complexity index is 1200. The number of hydrogen-bond donors (Lipinski definition) is 2. The number of hydrogen-bond acceptors (Lipinski definition) is 6. The van der Waals surface area contributed by atoms with Gasteiger partial charge < -0.3 is 15.4 Å². The molecule has 3 rings (SSSR count). The molecule has 206 valence electrons. The van der Waals surface area contributed by atoms with Crippen molar-refractivity contribution in [3.63, 3.8) is 0 Å². The van der Waals surface area contributed by atoms with Gasteiger partial charge in [0.05, 0.1) is 31.9 Å². The summed E-state index contributed by atoms with van der Waals surface area (Å²) in [7, 11) is 1.59. The molecule has 39 heavy (non-hydrogen) atoms. The third-order valence-corrected chi connectivity index (χ3v) is 6.14. The molecule has 0 fully saturated rings. The van der Waals surface area contributed by atoms with Crippen molar-refractivity contribution < 1.29 is 24.0 Å². The first-order valence-electron chi connectivity index (χ1n) is 13.1. The van der Waals surface area contributed by atoms with E-state index in [4.69, 9.17) is 9.57 Å². The average Bonchev–Trinajstić information content (AvgIpc) is 2.98. The smallest absolute Gasteiger partial charge is 0.271 e. The van der Waals surface area contributed by atoms with E-state index in [0.29, 0.717) is 24.3 Å². The van der Waals surface area contributed by atoms with E-state index in [1.165, 1.54) is 0 Å². The van der Waals surface area contributed by atoms with Crippen LogP contribution in [-0.4, -0.2) is 48.6 Å². The van der Waals surface area contributed by atoms with Crippen LogP contribution < -0.4 is 15.4 Å². The number of methoxy groups -OCH3 is 1. The molecule has 2 aromatic carbocycles. The molecular formula is C30H36N4O5. The number of nitrogens with one attached hydrogen (secondary N) is 2. The van der Waals surface area contributed by atoms with Crippen LogP contribution in [0.25, 0.3) is 11.3 Å². The van der Waals surface area contributed by atoms with Crippen LogP contribution in [0.5, 0.6) is 5.75 Å². The van der Waals surface area contributed by atoms with Gasteiger partial charge in [-0.15, -0.1) is 0 Å². The zero-order valence-electron chi connectivity index (χ0n) is 22.5. The first kappa shape index (κ1) is 29.3. The van der Waals surface area contributed by atoms with Gasteiger partial charge in [0.1, 0.15) is 18.1 Å². The summed E-state index contributed by atoms with van der Waals surface area (Å²) in [5, 5.41) is 6.62. The van der Waals surface area contributed by atoms with E-state index < -0.39 is 11.8 Å². The standard InChI is InChI=1S/C30H36N4O5/c1-3-4-6-13-25(19-34(22-35)39-20-23-11-7-5-8-12-23)29(36)31-21-32-30(37)28-17-10-16-27(33-28)24-14-9-15-26(18-24)38-2/h5,7-12,14-18,22,25H,3-4,6,13,19-21H2,1-2H3,(H,31,36)(H,32,37)/t25-/m1/s1. The first-order chi connectivity index (χ1) is 19.0. The fraction of sp³-hybridized carbons (Fsp3) is 0.333. The molecule has 1 heterocycles. The van der Waals surface area contributed by atoms with Crippen molar-refractivity contribution in [3.8, 4) is 17.0 Å². The van der Waals surface area contributed by atoms with E-state index in [9.17, 15) is 14.4 Å². The predicted octanol–water partition coefficient (Wildman–Crippen LogP) is 4.35. The molecule has 0 radical (unpaired) electrons. The number of aromatic nitrogens is 1. The van der Waals surface area contributed by atoms with E-state index in [0.717, 1.165) is 35.5 Å². The molecule has 0 saturated carbocycles. The number of pyridine rings is 1. The van der Waals surface area contributed by atoms with Crippen LogP contribution in [0.4, 0.5) is 0 Å². The summed E-state index contributed by atoms with van der Waals surface area (Å²) in [4.78, 5) is 47.4. The highest BCUT2D eigenvalue weighted by atomic mass is 16.7. The molecule has 9 heteroatoms. The Balaban J connectivity index is 1.55. The van der Waals surface area contributed by atoms with E-state index in [-0.39, 0.29) is 31.4 Å². The van der Waals surface area contributed by atoms with Gasteiger partial charge in [0, 0.05) is 5.56 Å². The molecule has 0 aliphatic carbocycles. The van der Waals surface area contributed by atoms with Gasteiger partial charge in [-0.1, -0.05) is 74.7 Å². The lowest BCUT2D eigenvalue weighted by molar-refractivity contribution is -0.182. The summed E-state index contributed by atoms with van der Waals surface area (Å²) in [6, 6.07) is 22.1. The minimum Gasteiger partial charge on any atom is -0.497 e. The fourth-order valence-electron chi connectivity index (χ4n) is 3.97. The minimum absolute atomic E-state index is 0.0705. The second-order valence-electron chi connectivity index (χ2n) is 9.02. The average molecular weight is 533 g/mol. The molecule has 0 aliphatic rings. The maximum atomic E-state index is 13.0. The molecule has 9 nitrogen and oxygen atoms in total. The van der Waals surface area contributed by atoms with Gasteiger partial charge in [-0.3, -0.25) is 19.2 Å². The maximum Gasteiger partial charge on any atom is 0.271 e. The van der Waals surface area contributed by atoms with Crippen LogP contribution in [0, 0.1) is 5.92 Å². The molecule has 1 aromatic heterocycles. The van der Waals surface area contributed by atoms with E-state index >= 15 is 0 Å². The van der Waals surface area contributed by atoms with Crippen molar-refractivity contribution in [1.29, 1.82) is 0 Å². The van der Waals surface area contributed by atoms with Gasteiger partial charge in [-0.05, 0) is 36.2 Å². The van der Waals surface area contributed by atoms with Crippen LogP contribution in [0.2, 0.25) is 0 Å². The Labute approximate surface area is 229 Å². The van der Waals surface area contributed by atoms with Gasteiger partial charge in [-0.25, -0.2) is 10.0 Å². The van der Waals surface area contributed by atoms with Crippen molar-refractivity contribution in [3.05, 3.63) is 84.1 Å². The fourth-order valence-corrected chi connectivity index (χ4v) is 3.97. The Morgan fingerprint density at radius 1 is 1.00 bits per heavy atom. The van der Waals surface area contributed by atoms with Gasteiger partial charge in [0.25, 0.3) is 5.91 Å². The van der Waals surface area contributed by atoms with E-state index in [1.807, 2.05) is 60.7 Å². The number of unbranched alkanes of at least 4 members (excludes halogenated alkanes) is 2. The molecule has 3 aromatic rings. The van der Waals surface area contributed by atoms with Gasteiger partial charge in [0.15, 0.2) is 0 Å². The Morgan fingerprint density at radius 2 is 1.79 bits per heavy atom. The normalized spacial score (nSPS) is 11.3. The van der Waals surface area contributed by atoms with Crippen molar-refractivity contribution in [1.82, 2.24) is 20.7 Å². The van der Waals surface area contributed by atoms with Crippen molar-refractivity contribution in [2.75, 3.05) is 20.3 Å². The van der Waals surface area contributed by atoms with Gasteiger partial charge in [0.2, 0.25) is 12.3 Å². The second kappa shape index (κ2) is 15.9. The number of rotatable bonds is 16. The Kier molecular flexibility index (Phi) is 11.9. The highest BCUT2D eigenvalue weighted by molar-refractivity contribution is 5.93. The third kappa shape index (κ3) is 9.54. The van der Waals surface area contributed by atoms with Gasteiger partial charge >= 0.3 is 0 Å². The number of amides is 3. The minimum atomic E-state index is -0.482. The van der Waals surface area contributed by atoms with Crippen LogP contribution >= 0.6 is 0 Å². The number of carbonyl (C=O) groups is 3. The summed E-state index contributed by atoms with van der Waals surface area (Å²) in [6.07, 6.45) is 4.01. The first-order valence-corrected chi connectivity index (χ1v) is 13.1. The number of nitrogens with zero attached hydrogens (tertiary/aromatic N) is 2.